The van der Waals surface area contributed by atoms with Gasteiger partial charge in [-0.1, -0.05) is 11.6 Å². The molecule has 1 aromatic carbocycles. The van der Waals surface area contributed by atoms with E-state index in [1.807, 2.05) is 5.32 Å². The van der Waals surface area contributed by atoms with E-state index in [4.69, 9.17) is 11.6 Å². The Morgan fingerprint density at radius 3 is 2.43 bits per heavy atom. The molecular formula is C12H6ClF4N3O. The smallest absolute Gasteiger partial charge is 0.308 e. The lowest BCUT2D eigenvalue weighted by Gasteiger charge is -2.09. The number of halogens is 5. The topological polar surface area (TPSA) is 54.0 Å². The molecule has 0 aliphatic rings. The highest BCUT2D eigenvalue weighted by atomic mass is 35.5. The molecule has 2 amide bonds. The molecular weight excluding hydrogens is 314 g/mol. The lowest BCUT2D eigenvalue weighted by Crippen LogP contribution is -2.21. The van der Waals surface area contributed by atoms with Crippen LogP contribution in [0.1, 0.15) is 0 Å². The number of rotatable bonds is 2. The van der Waals surface area contributed by atoms with Crippen LogP contribution < -0.4 is 10.6 Å². The zero-order chi connectivity index (χ0) is 15.6. The monoisotopic (exact) mass is 319 g/mol. The van der Waals surface area contributed by atoms with E-state index in [9.17, 15) is 22.4 Å². The van der Waals surface area contributed by atoms with Crippen molar-refractivity contribution in [3.05, 3.63) is 52.8 Å². The Bertz CT molecular complexity index is 711. The summed E-state index contributed by atoms with van der Waals surface area (Å²) < 4.78 is 52.1. The first-order valence-electron chi connectivity index (χ1n) is 5.41. The van der Waals surface area contributed by atoms with Gasteiger partial charge in [-0.3, -0.25) is 0 Å². The minimum Gasteiger partial charge on any atom is -0.308 e. The molecule has 21 heavy (non-hydrogen) atoms. The molecule has 4 nitrogen and oxygen atoms in total. The lowest BCUT2D eigenvalue weighted by atomic mass is 10.2. The van der Waals surface area contributed by atoms with Crippen molar-refractivity contribution in [3.8, 4) is 0 Å². The molecule has 2 rings (SSSR count). The molecule has 1 heterocycles. The summed E-state index contributed by atoms with van der Waals surface area (Å²) in [5.41, 5.74) is -0.625. The highest BCUT2D eigenvalue weighted by molar-refractivity contribution is 6.29. The standard InChI is InChI=1S/C12H6ClF4N3O/c13-8-3-5(1-2-18-8)19-12(21)20-7-4-6(14)9(15)11(17)10(7)16/h1-4H,(H2,18,19,20,21). The number of hydrogen-bond acceptors (Lipinski definition) is 2. The Labute approximate surface area is 120 Å². The summed E-state index contributed by atoms with van der Waals surface area (Å²) in [7, 11) is 0. The first kappa shape index (κ1) is 15.0. The summed E-state index contributed by atoms with van der Waals surface area (Å²) in [6.45, 7) is 0. The van der Waals surface area contributed by atoms with Gasteiger partial charge in [-0.05, 0) is 12.1 Å². The van der Waals surface area contributed by atoms with Gasteiger partial charge in [-0.25, -0.2) is 27.3 Å². The fraction of sp³-hybridized carbons (Fsp3) is 0. The number of nitrogens with zero attached hydrogens (tertiary/aromatic N) is 1. The van der Waals surface area contributed by atoms with Crippen molar-refractivity contribution in [2.45, 2.75) is 0 Å². The van der Waals surface area contributed by atoms with Crippen molar-refractivity contribution in [1.82, 2.24) is 4.98 Å². The van der Waals surface area contributed by atoms with Gasteiger partial charge in [0.1, 0.15) is 5.15 Å². The number of amides is 2. The summed E-state index contributed by atoms with van der Waals surface area (Å²) >= 11 is 5.59. The van der Waals surface area contributed by atoms with E-state index < -0.39 is 35.0 Å². The molecule has 0 radical (unpaired) electrons. The molecule has 1 aromatic heterocycles. The molecule has 2 aromatic rings. The molecule has 0 aliphatic carbocycles. The zero-order valence-electron chi connectivity index (χ0n) is 10.1. The molecule has 0 saturated heterocycles. The van der Waals surface area contributed by atoms with E-state index in [1.165, 1.54) is 18.3 Å². The van der Waals surface area contributed by atoms with E-state index in [1.54, 1.807) is 0 Å². The summed E-state index contributed by atoms with van der Waals surface area (Å²) in [4.78, 5) is 15.2. The van der Waals surface area contributed by atoms with Crippen molar-refractivity contribution >= 4 is 29.0 Å². The fourth-order valence-electron chi connectivity index (χ4n) is 1.43. The van der Waals surface area contributed by atoms with Crippen molar-refractivity contribution in [1.29, 1.82) is 0 Å². The number of aromatic nitrogens is 1. The summed E-state index contributed by atoms with van der Waals surface area (Å²) in [5, 5.41) is 4.18. The average Bonchev–Trinajstić information content (AvgIpc) is 2.42. The Balaban J connectivity index is 2.17. The van der Waals surface area contributed by atoms with Crippen molar-refractivity contribution < 1.29 is 22.4 Å². The van der Waals surface area contributed by atoms with Crippen molar-refractivity contribution in [2.24, 2.45) is 0 Å². The predicted molar refractivity (Wildman–Crippen MR) is 68.2 cm³/mol. The number of urea groups is 1. The molecule has 0 fully saturated rings. The van der Waals surface area contributed by atoms with Gasteiger partial charge in [0.25, 0.3) is 0 Å². The second kappa shape index (κ2) is 5.96. The maximum absolute atomic E-state index is 13.4. The minimum atomic E-state index is -2.02. The van der Waals surface area contributed by atoms with Crippen LogP contribution >= 0.6 is 11.6 Å². The van der Waals surface area contributed by atoms with Crippen LogP contribution in [0.15, 0.2) is 24.4 Å². The van der Waals surface area contributed by atoms with Crippen LogP contribution in [0.2, 0.25) is 5.15 Å². The molecule has 0 bridgehead atoms. The highest BCUT2D eigenvalue weighted by Gasteiger charge is 2.20. The van der Waals surface area contributed by atoms with E-state index >= 15 is 0 Å². The van der Waals surface area contributed by atoms with E-state index in [2.05, 4.69) is 10.3 Å². The van der Waals surface area contributed by atoms with Crippen LogP contribution in [0, 0.1) is 23.3 Å². The van der Waals surface area contributed by atoms with E-state index in [0.717, 1.165) is 0 Å². The lowest BCUT2D eigenvalue weighted by molar-refractivity contribution is 0.262. The number of carbonyl (C=O) groups excluding carboxylic acids is 1. The summed E-state index contributed by atoms with van der Waals surface area (Å²) in [6, 6.07) is 2.01. The third kappa shape index (κ3) is 3.40. The molecule has 110 valence electrons. The van der Waals surface area contributed by atoms with Crippen LogP contribution in [0.4, 0.5) is 33.7 Å². The van der Waals surface area contributed by atoms with Gasteiger partial charge >= 0.3 is 6.03 Å². The second-order valence-corrected chi connectivity index (χ2v) is 4.18. The van der Waals surface area contributed by atoms with Gasteiger partial charge in [0.2, 0.25) is 0 Å². The van der Waals surface area contributed by atoms with Crippen LogP contribution in [0.5, 0.6) is 0 Å². The van der Waals surface area contributed by atoms with Gasteiger partial charge in [-0.2, -0.15) is 0 Å². The zero-order valence-corrected chi connectivity index (χ0v) is 10.8. The average molecular weight is 320 g/mol. The number of anilines is 2. The highest BCUT2D eigenvalue weighted by Crippen LogP contribution is 2.23. The molecule has 0 unspecified atom stereocenters. The van der Waals surface area contributed by atoms with Crippen LogP contribution in [-0.2, 0) is 0 Å². The Hall–Kier alpha value is -2.35. The molecule has 0 saturated carbocycles. The molecule has 0 spiro atoms. The first-order chi connectivity index (χ1) is 9.88. The van der Waals surface area contributed by atoms with Crippen LogP contribution in [0.25, 0.3) is 0 Å². The van der Waals surface area contributed by atoms with Crippen LogP contribution in [-0.4, -0.2) is 11.0 Å². The number of nitrogens with one attached hydrogen (secondary N) is 2. The number of pyridine rings is 1. The fourth-order valence-corrected chi connectivity index (χ4v) is 1.60. The Morgan fingerprint density at radius 2 is 1.76 bits per heavy atom. The largest absolute Gasteiger partial charge is 0.323 e. The quantitative estimate of drug-likeness (QED) is 0.381. The predicted octanol–water partition coefficient (Wildman–Crippen LogP) is 3.94. The minimum absolute atomic E-state index is 0.0952. The first-order valence-corrected chi connectivity index (χ1v) is 5.79. The number of carbonyl (C=O) groups is 1. The van der Waals surface area contributed by atoms with Gasteiger partial charge in [0.05, 0.1) is 5.69 Å². The normalized spacial score (nSPS) is 10.3. The Kier molecular flexibility index (Phi) is 4.27. The third-order valence-corrected chi connectivity index (χ3v) is 2.54. The summed E-state index contributed by atoms with van der Waals surface area (Å²) in [6.07, 6.45) is 1.30. The van der Waals surface area contributed by atoms with Gasteiger partial charge in [-0.15, -0.1) is 0 Å². The maximum atomic E-state index is 13.4. The van der Waals surface area contributed by atoms with Crippen molar-refractivity contribution in [2.75, 3.05) is 10.6 Å². The third-order valence-electron chi connectivity index (χ3n) is 2.34. The molecule has 0 aliphatic heterocycles. The number of hydrogen-bond donors (Lipinski definition) is 2. The summed E-state index contributed by atoms with van der Waals surface area (Å²) in [5.74, 6) is -7.32. The Morgan fingerprint density at radius 1 is 1.05 bits per heavy atom. The molecule has 2 N–H and O–H groups in total. The van der Waals surface area contributed by atoms with Gasteiger partial charge in [0.15, 0.2) is 23.3 Å². The maximum Gasteiger partial charge on any atom is 0.323 e. The number of benzene rings is 1. The van der Waals surface area contributed by atoms with E-state index in [0.29, 0.717) is 6.07 Å². The van der Waals surface area contributed by atoms with Gasteiger partial charge < -0.3 is 10.6 Å². The van der Waals surface area contributed by atoms with Crippen molar-refractivity contribution in [3.63, 3.8) is 0 Å². The van der Waals surface area contributed by atoms with Crippen LogP contribution in [0.3, 0.4) is 0 Å². The van der Waals surface area contributed by atoms with E-state index in [-0.39, 0.29) is 10.8 Å². The second-order valence-electron chi connectivity index (χ2n) is 3.79. The SMILES string of the molecule is O=C(Nc1ccnc(Cl)c1)Nc1cc(F)c(F)c(F)c1F. The molecule has 9 heteroatoms. The van der Waals surface area contributed by atoms with Gasteiger partial charge in [0, 0.05) is 18.0 Å². The molecule has 0 atom stereocenters.